The molecule has 0 atom stereocenters. The highest BCUT2D eigenvalue weighted by molar-refractivity contribution is 5.73. The van der Waals surface area contributed by atoms with Crippen molar-refractivity contribution in [3.05, 3.63) is 4.91 Å². The second-order valence-electron chi connectivity index (χ2n) is 1.56. The van der Waals surface area contributed by atoms with Gasteiger partial charge in [0, 0.05) is 13.6 Å². The van der Waals surface area contributed by atoms with E-state index in [-0.39, 0.29) is 13.2 Å². The third-order valence-electron chi connectivity index (χ3n) is 0.804. The van der Waals surface area contributed by atoms with E-state index in [9.17, 15) is 9.70 Å². The van der Waals surface area contributed by atoms with E-state index in [0.29, 0.717) is 5.01 Å². The molecule has 0 spiro atoms. The van der Waals surface area contributed by atoms with Crippen LogP contribution in [0, 0.1) is 4.91 Å². The molecule has 0 aromatic carbocycles. The Kier molecular flexibility index (Phi) is 4.14. The fraction of sp³-hybridized carbons (Fsp3) is 0.750. The highest BCUT2D eigenvalue weighted by Crippen LogP contribution is 1.81. The standard InChI is InChI=1S/C4H9N3O3/c1-7(6-10)4(9)5-2-3-8/h8H,2-3H2,1H3,(H,5,9). The van der Waals surface area contributed by atoms with Crippen LogP contribution in [0.3, 0.4) is 0 Å². The second-order valence-corrected chi connectivity index (χ2v) is 1.56. The summed E-state index contributed by atoms with van der Waals surface area (Å²) in [5, 5.41) is 13.4. The zero-order chi connectivity index (χ0) is 7.98. The number of nitrogens with zero attached hydrogens (tertiary/aromatic N) is 2. The second kappa shape index (κ2) is 4.68. The van der Waals surface area contributed by atoms with Gasteiger partial charge < -0.3 is 10.4 Å². The maximum Gasteiger partial charge on any atom is 0.340 e. The number of urea groups is 1. The minimum Gasteiger partial charge on any atom is -0.395 e. The molecule has 0 bridgehead atoms. The molecule has 0 unspecified atom stereocenters. The van der Waals surface area contributed by atoms with Gasteiger partial charge >= 0.3 is 6.03 Å². The molecule has 0 heterocycles. The molecule has 2 N–H and O–H groups in total. The lowest BCUT2D eigenvalue weighted by Gasteiger charge is -2.06. The molecule has 6 heteroatoms. The molecule has 0 aromatic heterocycles. The monoisotopic (exact) mass is 147 g/mol. The van der Waals surface area contributed by atoms with E-state index < -0.39 is 6.03 Å². The minimum atomic E-state index is -0.621. The van der Waals surface area contributed by atoms with Crippen LogP contribution in [0.15, 0.2) is 5.29 Å². The van der Waals surface area contributed by atoms with Gasteiger partial charge in [0.2, 0.25) is 0 Å². The van der Waals surface area contributed by atoms with E-state index in [1.807, 2.05) is 0 Å². The number of carbonyl (C=O) groups is 1. The quantitative estimate of drug-likeness (QED) is 0.409. The lowest BCUT2D eigenvalue weighted by molar-refractivity contribution is 0.205. The van der Waals surface area contributed by atoms with Crippen LogP contribution in [0.2, 0.25) is 0 Å². The van der Waals surface area contributed by atoms with Gasteiger partial charge in [0.1, 0.15) is 0 Å². The number of aliphatic hydroxyl groups excluding tert-OH is 1. The molecule has 0 rings (SSSR count). The summed E-state index contributed by atoms with van der Waals surface area (Å²) in [6, 6.07) is -0.621. The van der Waals surface area contributed by atoms with Crippen LogP contribution in [0.4, 0.5) is 4.79 Å². The van der Waals surface area contributed by atoms with Crippen molar-refractivity contribution in [1.82, 2.24) is 10.3 Å². The summed E-state index contributed by atoms with van der Waals surface area (Å²) in [5.41, 5.74) is 0. The predicted molar refractivity (Wildman–Crippen MR) is 34.0 cm³/mol. The van der Waals surface area contributed by atoms with Crippen molar-refractivity contribution in [2.24, 2.45) is 5.29 Å². The first-order chi connectivity index (χ1) is 4.72. The number of rotatable bonds is 3. The van der Waals surface area contributed by atoms with Crippen LogP contribution >= 0.6 is 0 Å². The van der Waals surface area contributed by atoms with Crippen LogP contribution in [0.5, 0.6) is 0 Å². The van der Waals surface area contributed by atoms with E-state index in [0.717, 1.165) is 0 Å². The molecule has 0 aromatic rings. The topological polar surface area (TPSA) is 82.0 Å². The molecule has 0 aliphatic carbocycles. The molecule has 10 heavy (non-hydrogen) atoms. The Labute approximate surface area is 57.8 Å². The van der Waals surface area contributed by atoms with Crippen LogP contribution in [-0.4, -0.2) is 36.3 Å². The van der Waals surface area contributed by atoms with Gasteiger partial charge in [0.25, 0.3) is 0 Å². The third-order valence-corrected chi connectivity index (χ3v) is 0.804. The van der Waals surface area contributed by atoms with Crippen LogP contribution in [-0.2, 0) is 0 Å². The largest absolute Gasteiger partial charge is 0.395 e. The number of nitroso groups, excluding NO2 is 1. The number of hydrogen-bond acceptors (Lipinski definition) is 4. The van der Waals surface area contributed by atoms with Gasteiger partial charge in [-0.15, -0.1) is 4.91 Å². The summed E-state index contributed by atoms with van der Waals surface area (Å²) in [5.74, 6) is 0. The summed E-state index contributed by atoms with van der Waals surface area (Å²) >= 11 is 0. The molecule has 58 valence electrons. The Bertz CT molecular complexity index is 127. The van der Waals surface area contributed by atoms with Gasteiger partial charge in [-0.05, 0) is 0 Å². The Morgan fingerprint density at radius 2 is 2.40 bits per heavy atom. The molecule has 0 aliphatic heterocycles. The Balaban J connectivity index is 3.51. The van der Waals surface area contributed by atoms with Gasteiger partial charge in [-0.25, -0.2) is 4.79 Å². The van der Waals surface area contributed by atoms with Gasteiger partial charge in [0.15, 0.2) is 0 Å². The molecule has 0 saturated carbocycles. The molecule has 0 aliphatic rings. The van der Waals surface area contributed by atoms with Crippen molar-refractivity contribution in [2.75, 3.05) is 20.2 Å². The SMILES string of the molecule is CN(N=O)C(=O)NCCO. The van der Waals surface area contributed by atoms with E-state index >= 15 is 0 Å². The van der Waals surface area contributed by atoms with E-state index in [4.69, 9.17) is 5.11 Å². The lowest BCUT2D eigenvalue weighted by Crippen LogP contribution is -2.35. The van der Waals surface area contributed by atoms with Gasteiger partial charge in [0.05, 0.1) is 11.9 Å². The number of nitrogens with one attached hydrogen (secondary N) is 1. The number of amides is 2. The van der Waals surface area contributed by atoms with E-state index in [1.54, 1.807) is 0 Å². The summed E-state index contributed by atoms with van der Waals surface area (Å²) < 4.78 is 0. The summed E-state index contributed by atoms with van der Waals surface area (Å²) in [4.78, 5) is 20.2. The maximum atomic E-state index is 10.5. The fourth-order valence-electron chi connectivity index (χ4n) is 0.314. The van der Waals surface area contributed by atoms with E-state index in [1.165, 1.54) is 7.05 Å². The smallest absolute Gasteiger partial charge is 0.340 e. The molecular formula is C4H9N3O3. The van der Waals surface area contributed by atoms with Crippen molar-refractivity contribution in [3.8, 4) is 0 Å². The van der Waals surface area contributed by atoms with E-state index in [2.05, 4.69) is 10.6 Å². The molecule has 6 nitrogen and oxygen atoms in total. The average molecular weight is 147 g/mol. The van der Waals surface area contributed by atoms with Crippen molar-refractivity contribution in [1.29, 1.82) is 0 Å². The molecule has 0 saturated heterocycles. The summed E-state index contributed by atoms with van der Waals surface area (Å²) in [6.07, 6.45) is 0. The van der Waals surface area contributed by atoms with Crippen LogP contribution < -0.4 is 5.32 Å². The highest BCUT2D eigenvalue weighted by atomic mass is 16.3. The third kappa shape index (κ3) is 2.98. The van der Waals surface area contributed by atoms with Gasteiger partial charge in [-0.3, -0.25) is 0 Å². The molecule has 2 amide bonds. The first kappa shape index (κ1) is 8.83. The lowest BCUT2D eigenvalue weighted by atomic mass is 10.7. The Morgan fingerprint density at radius 3 is 2.80 bits per heavy atom. The zero-order valence-corrected chi connectivity index (χ0v) is 5.57. The Morgan fingerprint density at radius 1 is 1.80 bits per heavy atom. The first-order valence-electron chi connectivity index (χ1n) is 2.68. The van der Waals surface area contributed by atoms with Crippen molar-refractivity contribution >= 4 is 6.03 Å². The fourth-order valence-corrected chi connectivity index (χ4v) is 0.314. The van der Waals surface area contributed by atoms with Gasteiger partial charge in [-0.2, -0.15) is 5.01 Å². The molecule has 0 radical (unpaired) electrons. The summed E-state index contributed by atoms with van der Waals surface area (Å²) in [7, 11) is 1.22. The normalized spacial score (nSPS) is 8.60. The van der Waals surface area contributed by atoms with Crippen molar-refractivity contribution in [3.63, 3.8) is 0 Å². The molecule has 0 fully saturated rings. The van der Waals surface area contributed by atoms with Gasteiger partial charge in [-0.1, -0.05) is 0 Å². The van der Waals surface area contributed by atoms with Crippen LogP contribution in [0.25, 0.3) is 0 Å². The minimum absolute atomic E-state index is 0.124. The van der Waals surface area contributed by atoms with Crippen molar-refractivity contribution in [2.45, 2.75) is 0 Å². The predicted octanol–water partition coefficient (Wildman–Crippen LogP) is -0.699. The average Bonchev–Trinajstić information content (AvgIpc) is 1.98. The maximum absolute atomic E-state index is 10.5. The summed E-state index contributed by atoms with van der Waals surface area (Å²) in [6.45, 7) is -0.0306. The van der Waals surface area contributed by atoms with Crippen LogP contribution in [0.1, 0.15) is 0 Å². The Hall–Kier alpha value is -1.17. The zero-order valence-electron chi connectivity index (χ0n) is 5.57. The number of hydrogen-bond donors (Lipinski definition) is 2. The van der Waals surface area contributed by atoms with Crippen molar-refractivity contribution < 1.29 is 9.90 Å². The number of carbonyl (C=O) groups excluding carboxylic acids is 1. The molecular weight excluding hydrogens is 138 g/mol. The number of aliphatic hydroxyl groups is 1. The first-order valence-corrected chi connectivity index (χ1v) is 2.68. The highest BCUT2D eigenvalue weighted by Gasteiger charge is 2.04.